The van der Waals surface area contributed by atoms with E-state index in [1.165, 1.54) is 30.4 Å². The second-order valence-electron chi connectivity index (χ2n) is 3.78. The van der Waals surface area contributed by atoms with Crippen LogP contribution in [0, 0.1) is 0 Å². The minimum Gasteiger partial charge on any atom is -0.367 e. The number of hydrogen-bond donors (Lipinski definition) is 1. The number of H-pyrrole nitrogens is 1. The first kappa shape index (κ1) is 13.4. The maximum absolute atomic E-state index is 11.8. The largest absolute Gasteiger partial charge is 0.367 e. The molecule has 0 saturated carbocycles. The number of sulfone groups is 1. The molecule has 1 aromatic heterocycles. The Hall–Kier alpha value is -1.63. The van der Waals surface area contributed by atoms with Crippen LogP contribution in [0.5, 0.6) is 0 Å². The van der Waals surface area contributed by atoms with E-state index < -0.39 is 15.7 Å². The SMILES string of the molecule is CN(CCS(C)(=O)=O)C(=O)c1c[nH]ccc1=O. The van der Waals surface area contributed by atoms with Crippen molar-refractivity contribution in [3.05, 3.63) is 34.2 Å². The van der Waals surface area contributed by atoms with Crippen molar-refractivity contribution in [2.24, 2.45) is 0 Å². The zero-order valence-corrected chi connectivity index (χ0v) is 10.5. The number of carbonyl (C=O) groups is 1. The van der Waals surface area contributed by atoms with Gasteiger partial charge in [0.05, 0.1) is 5.75 Å². The van der Waals surface area contributed by atoms with Crippen molar-refractivity contribution in [1.82, 2.24) is 9.88 Å². The Kier molecular flexibility index (Phi) is 4.06. The Morgan fingerprint density at radius 3 is 2.65 bits per heavy atom. The van der Waals surface area contributed by atoms with Crippen molar-refractivity contribution in [2.75, 3.05) is 25.6 Å². The number of nitrogens with one attached hydrogen (secondary N) is 1. The number of pyridine rings is 1. The molecule has 7 heteroatoms. The third-order valence-electron chi connectivity index (χ3n) is 2.20. The van der Waals surface area contributed by atoms with Crippen LogP contribution in [0.25, 0.3) is 0 Å². The highest BCUT2D eigenvalue weighted by molar-refractivity contribution is 7.90. The van der Waals surface area contributed by atoms with Gasteiger partial charge in [-0.25, -0.2) is 8.42 Å². The van der Waals surface area contributed by atoms with E-state index in [-0.39, 0.29) is 23.3 Å². The maximum atomic E-state index is 11.8. The van der Waals surface area contributed by atoms with Crippen molar-refractivity contribution >= 4 is 15.7 Å². The van der Waals surface area contributed by atoms with E-state index in [4.69, 9.17) is 0 Å². The first-order valence-corrected chi connectivity index (χ1v) is 6.97. The molecule has 0 saturated heterocycles. The Morgan fingerprint density at radius 1 is 1.47 bits per heavy atom. The Labute approximate surface area is 99.2 Å². The van der Waals surface area contributed by atoms with Crippen LogP contribution in [0.1, 0.15) is 10.4 Å². The van der Waals surface area contributed by atoms with Gasteiger partial charge in [0, 0.05) is 38.3 Å². The number of nitrogens with zero attached hydrogens (tertiary/aromatic N) is 1. The smallest absolute Gasteiger partial charge is 0.259 e. The average Bonchev–Trinajstić information content (AvgIpc) is 2.24. The normalized spacial score (nSPS) is 11.2. The lowest BCUT2D eigenvalue weighted by Crippen LogP contribution is -2.34. The van der Waals surface area contributed by atoms with Gasteiger partial charge in [-0.05, 0) is 0 Å². The number of hydrogen-bond acceptors (Lipinski definition) is 4. The Balaban J connectivity index is 2.78. The number of aromatic nitrogens is 1. The van der Waals surface area contributed by atoms with Gasteiger partial charge in [-0.15, -0.1) is 0 Å². The molecule has 0 aromatic carbocycles. The predicted octanol–water partition coefficient (Wildman–Crippen LogP) is -0.509. The van der Waals surface area contributed by atoms with Crippen LogP contribution in [0.3, 0.4) is 0 Å². The van der Waals surface area contributed by atoms with Crippen LogP contribution in [-0.2, 0) is 9.84 Å². The number of rotatable bonds is 4. The minimum atomic E-state index is -3.12. The number of carbonyl (C=O) groups excluding carboxylic acids is 1. The van der Waals surface area contributed by atoms with Gasteiger partial charge in [-0.3, -0.25) is 9.59 Å². The van der Waals surface area contributed by atoms with Crippen molar-refractivity contribution in [3.8, 4) is 0 Å². The molecule has 0 atom stereocenters. The van der Waals surface area contributed by atoms with Crippen molar-refractivity contribution < 1.29 is 13.2 Å². The van der Waals surface area contributed by atoms with E-state index in [2.05, 4.69) is 4.98 Å². The van der Waals surface area contributed by atoms with Crippen LogP contribution in [0.2, 0.25) is 0 Å². The molecule has 1 aromatic rings. The molecule has 0 spiro atoms. The highest BCUT2D eigenvalue weighted by atomic mass is 32.2. The van der Waals surface area contributed by atoms with Crippen molar-refractivity contribution in [2.45, 2.75) is 0 Å². The molecule has 1 heterocycles. The van der Waals surface area contributed by atoms with Gasteiger partial charge >= 0.3 is 0 Å². The first-order valence-electron chi connectivity index (χ1n) is 4.91. The summed E-state index contributed by atoms with van der Waals surface area (Å²) in [5.41, 5.74) is -0.386. The summed E-state index contributed by atoms with van der Waals surface area (Å²) in [5.74, 6) is -0.615. The molecule has 0 aliphatic carbocycles. The molecule has 6 nitrogen and oxygen atoms in total. The summed E-state index contributed by atoms with van der Waals surface area (Å²) in [6.45, 7) is 0.0615. The van der Waals surface area contributed by atoms with Gasteiger partial charge in [0.2, 0.25) is 0 Å². The third-order valence-corrected chi connectivity index (χ3v) is 3.12. The fourth-order valence-corrected chi connectivity index (χ4v) is 1.80. The average molecular weight is 258 g/mol. The zero-order valence-electron chi connectivity index (χ0n) is 9.63. The quantitative estimate of drug-likeness (QED) is 0.788. The molecule has 0 aliphatic heterocycles. The molecule has 94 valence electrons. The van der Waals surface area contributed by atoms with Crippen LogP contribution >= 0.6 is 0 Å². The topological polar surface area (TPSA) is 87.3 Å². The summed E-state index contributed by atoms with van der Waals surface area (Å²) >= 11 is 0. The molecule has 1 N–H and O–H groups in total. The van der Waals surface area contributed by atoms with Gasteiger partial charge in [-0.2, -0.15) is 0 Å². The summed E-state index contributed by atoms with van der Waals surface area (Å²) in [4.78, 5) is 27.0. The van der Waals surface area contributed by atoms with Gasteiger partial charge in [0.15, 0.2) is 5.43 Å². The zero-order chi connectivity index (χ0) is 13.1. The first-order chi connectivity index (χ1) is 7.81. The fraction of sp³-hybridized carbons (Fsp3) is 0.400. The second kappa shape index (κ2) is 5.13. The number of amides is 1. The molecular formula is C10H14N2O4S. The van der Waals surface area contributed by atoms with E-state index in [1.807, 2.05) is 0 Å². The van der Waals surface area contributed by atoms with E-state index >= 15 is 0 Å². The molecule has 1 rings (SSSR count). The lowest BCUT2D eigenvalue weighted by molar-refractivity contribution is 0.0802. The van der Waals surface area contributed by atoms with Crippen LogP contribution < -0.4 is 5.43 Å². The van der Waals surface area contributed by atoms with E-state index in [0.717, 1.165) is 6.26 Å². The summed E-state index contributed by atoms with van der Waals surface area (Å²) in [5, 5.41) is 0. The van der Waals surface area contributed by atoms with Crippen LogP contribution in [0.15, 0.2) is 23.3 Å². The molecule has 0 radical (unpaired) electrons. The van der Waals surface area contributed by atoms with Gasteiger partial charge in [0.1, 0.15) is 15.4 Å². The van der Waals surface area contributed by atoms with E-state index in [0.29, 0.717) is 0 Å². The number of aromatic amines is 1. The second-order valence-corrected chi connectivity index (χ2v) is 6.04. The molecule has 17 heavy (non-hydrogen) atoms. The van der Waals surface area contributed by atoms with Crippen molar-refractivity contribution in [3.63, 3.8) is 0 Å². The Bertz CT molecular complexity index is 562. The Morgan fingerprint density at radius 2 is 2.12 bits per heavy atom. The summed E-state index contributed by atoms with van der Waals surface area (Å²) in [6.07, 6.45) is 3.83. The highest BCUT2D eigenvalue weighted by Crippen LogP contribution is 1.97. The van der Waals surface area contributed by atoms with Gasteiger partial charge < -0.3 is 9.88 Å². The third kappa shape index (κ3) is 4.03. The standard InChI is InChI=1S/C10H14N2O4S/c1-12(5-6-17(2,15)16)10(14)8-7-11-4-3-9(8)13/h3-4,7H,5-6H2,1-2H3,(H,11,13). The molecule has 1 amide bonds. The lowest BCUT2D eigenvalue weighted by Gasteiger charge is -2.15. The van der Waals surface area contributed by atoms with Gasteiger partial charge in [0.25, 0.3) is 5.91 Å². The lowest BCUT2D eigenvalue weighted by atomic mass is 10.2. The molecular weight excluding hydrogens is 244 g/mol. The van der Waals surface area contributed by atoms with E-state index in [9.17, 15) is 18.0 Å². The molecule has 0 fully saturated rings. The van der Waals surface area contributed by atoms with Crippen LogP contribution in [-0.4, -0.2) is 49.8 Å². The van der Waals surface area contributed by atoms with Crippen molar-refractivity contribution in [1.29, 1.82) is 0 Å². The van der Waals surface area contributed by atoms with E-state index in [1.54, 1.807) is 0 Å². The predicted molar refractivity (Wildman–Crippen MR) is 63.7 cm³/mol. The highest BCUT2D eigenvalue weighted by Gasteiger charge is 2.15. The molecule has 0 unspecified atom stereocenters. The maximum Gasteiger partial charge on any atom is 0.259 e. The minimum absolute atomic E-state index is 0.00324. The summed E-state index contributed by atoms with van der Waals surface area (Å²) in [7, 11) is -1.67. The fourth-order valence-electron chi connectivity index (χ4n) is 1.19. The molecule has 0 aliphatic rings. The summed E-state index contributed by atoms with van der Waals surface area (Å²) in [6, 6.07) is 1.25. The van der Waals surface area contributed by atoms with Crippen LogP contribution in [0.4, 0.5) is 0 Å². The summed E-state index contributed by atoms with van der Waals surface area (Å²) < 4.78 is 21.9. The molecule has 0 bridgehead atoms. The van der Waals surface area contributed by atoms with Gasteiger partial charge in [-0.1, -0.05) is 0 Å². The monoisotopic (exact) mass is 258 g/mol.